The molecule has 0 spiro atoms. The molecular formula is C26H34O14S. The number of ether oxygens (including phenoxy) is 7. The normalized spacial score (nSPS) is 33.3. The molecule has 228 valence electrons. The van der Waals surface area contributed by atoms with Gasteiger partial charge in [0.25, 0.3) is 0 Å². The van der Waals surface area contributed by atoms with Crippen molar-refractivity contribution in [3.63, 3.8) is 0 Å². The standard InChI is InChI=1S/C26H34O14S/c1-12(28)34-11-18-22(35-13(2)29)23(36-14(3)30)24(37-15(4)31)25(38-18)40-21-17(10-27)39-26(20(33)19(21)32)41-16-8-6-5-7-9-16/h5-9,17-27,32-33H,10-11H2,1-4H3/t17-,18-,19-,20-,21-,22-,23+,24-,25-,26+/m1/s1. The monoisotopic (exact) mass is 602 g/mol. The minimum Gasteiger partial charge on any atom is -0.463 e. The van der Waals surface area contributed by atoms with Gasteiger partial charge in [-0.05, 0) is 12.1 Å². The van der Waals surface area contributed by atoms with Crippen LogP contribution in [0, 0.1) is 0 Å². The highest BCUT2D eigenvalue weighted by Crippen LogP contribution is 2.37. The number of aliphatic hydroxyl groups is 3. The fourth-order valence-electron chi connectivity index (χ4n) is 4.40. The zero-order valence-electron chi connectivity index (χ0n) is 22.8. The number of esters is 4. The van der Waals surface area contributed by atoms with Crippen molar-refractivity contribution >= 4 is 35.6 Å². The molecule has 0 unspecified atom stereocenters. The highest BCUT2D eigenvalue weighted by atomic mass is 32.2. The van der Waals surface area contributed by atoms with Gasteiger partial charge >= 0.3 is 23.9 Å². The summed E-state index contributed by atoms with van der Waals surface area (Å²) in [6.45, 7) is 3.23. The van der Waals surface area contributed by atoms with Gasteiger partial charge in [-0.3, -0.25) is 19.2 Å². The summed E-state index contributed by atoms with van der Waals surface area (Å²) in [5, 5.41) is 32.0. The first-order valence-corrected chi connectivity index (χ1v) is 13.6. The molecule has 41 heavy (non-hydrogen) atoms. The Bertz CT molecular complexity index is 1050. The second-order valence-electron chi connectivity index (χ2n) is 9.31. The zero-order valence-corrected chi connectivity index (χ0v) is 23.6. The maximum Gasteiger partial charge on any atom is 0.303 e. The molecule has 1 aromatic carbocycles. The van der Waals surface area contributed by atoms with Crippen LogP contribution in [0.1, 0.15) is 27.7 Å². The number of rotatable bonds is 10. The number of aliphatic hydroxyl groups excluding tert-OH is 3. The van der Waals surface area contributed by atoms with E-state index in [1.807, 2.05) is 6.07 Å². The molecule has 2 heterocycles. The third-order valence-electron chi connectivity index (χ3n) is 6.06. The molecule has 0 aliphatic carbocycles. The van der Waals surface area contributed by atoms with Gasteiger partial charge in [-0.15, -0.1) is 0 Å². The van der Waals surface area contributed by atoms with Crippen LogP contribution in [-0.4, -0.2) is 113 Å². The number of hydrogen-bond acceptors (Lipinski definition) is 15. The van der Waals surface area contributed by atoms with Crippen molar-refractivity contribution in [2.75, 3.05) is 13.2 Å². The summed E-state index contributed by atoms with van der Waals surface area (Å²) >= 11 is 1.12. The third kappa shape index (κ3) is 8.85. The summed E-state index contributed by atoms with van der Waals surface area (Å²) in [4.78, 5) is 48.2. The molecule has 3 rings (SSSR count). The molecule has 0 radical (unpaired) electrons. The van der Waals surface area contributed by atoms with Crippen LogP contribution in [0.5, 0.6) is 0 Å². The van der Waals surface area contributed by atoms with Crippen LogP contribution in [0.3, 0.4) is 0 Å². The SMILES string of the molecule is CC(=O)OC[C@H]1O[C@H](O[C@H]2[C@H](O)[C@@H](O)[C@H](Sc3ccccc3)O[C@@H]2CO)[C@H](OC(C)=O)[C@@H](OC(C)=O)[C@@H]1OC(C)=O. The number of thioether (sulfide) groups is 1. The lowest BCUT2D eigenvalue weighted by molar-refractivity contribution is -0.340. The zero-order chi connectivity index (χ0) is 30.3. The summed E-state index contributed by atoms with van der Waals surface area (Å²) in [5.41, 5.74) is -0.986. The lowest BCUT2D eigenvalue weighted by Gasteiger charge is -2.47. The van der Waals surface area contributed by atoms with E-state index in [0.29, 0.717) is 0 Å². The van der Waals surface area contributed by atoms with Gasteiger partial charge in [-0.25, -0.2) is 0 Å². The van der Waals surface area contributed by atoms with E-state index in [4.69, 9.17) is 33.2 Å². The van der Waals surface area contributed by atoms with E-state index in [1.54, 1.807) is 24.3 Å². The Morgan fingerprint density at radius 1 is 0.756 bits per heavy atom. The van der Waals surface area contributed by atoms with Gasteiger partial charge in [0.05, 0.1) is 6.61 Å². The highest BCUT2D eigenvalue weighted by Gasteiger charge is 2.55. The van der Waals surface area contributed by atoms with Crippen LogP contribution < -0.4 is 0 Å². The lowest BCUT2D eigenvalue weighted by atomic mass is 9.96. The van der Waals surface area contributed by atoms with Crippen molar-refractivity contribution in [3.8, 4) is 0 Å². The second-order valence-corrected chi connectivity index (χ2v) is 10.5. The highest BCUT2D eigenvalue weighted by molar-refractivity contribution is 7.99. The van der Waals surface area contributed by atoms with E-state index in [2.05, 4.69) is 0 Å². The van der Waals surface area contributed by atoms with Gasteiger partial charge in [0.2, 0.25) is 0 Å². The number of hydrogen-bond donors (Lipinski definition) is 3. The van der Waals surface area contributed by atoms with Crippen molar-refractivity contribution < 1.29 is 67.7 Å². The Morgan fingerprint density at radius 3 is 1.90 bits per heavy atom. The summed E-state index contributed by atoms with van der Waals surface area (Å²) in [5.74, 6) is -3.17. The van der Waals surface area contributed by atoms with Gasteiger partial charge in [0, 0.05) is 32.6 Å². The fraction of sp³-hybridized carbons (Fsp3) is 0.615. The van der Waals surface area contributed by atoms with Crippen LogP contribution in [0.25, 0.3) is 0 Å². The van der Waals surface area contributed by atoms with Gasteiger partial charge in [0.15, 0.2) is 24.6 Å². The van der Waals surface area contributed by atoms with E-state index in [0.717, 1.165) is 44.4 Å². The van der Waals surface area contributed by atoms with E-state index >= 15 is 0 Å². The Labute approximate surface area is 240 Å². The predicted molar refractivity (Wildman–Crippen MR) is 137 cm³/mol. The van der Waals surface area contributed by atoms with Crippen molar-refractivity contribution in [3.05, 3.63) is 30.3 Å². The molecule has 1 aromatic rings. The van der Waals surface area contributed by atoms with Crippen LogP contribution in [0.15, 0.2) is 35.2 Å². The van der Waals surface area contributed by atoms with Crippen molar-refractivity contribution in [2.24, 2.45) is 0 Å². The first kappa shape index (κ1) is 32.7. The number of carbonyl (C=O) groups is 4. The smallest absolute Gasteiger partial charge is 0.303 e. The molecule has 15 heteroatoms. The molecule has 0 amide bonds. The van der Waals surface area contributed by atoms with Crippen molar-refractivity contribution in [2.45, 2.75) is 93.1 Å². The molecule has 10 atom stereocenters. The number of benzene rings is 1. The molecule has 0 aromatic heterocycles. The predicted octanol–water partition coefficient (Wildman–Crippen LogP) is -0.314. The van der Waals surface area contributed by atoms with E-state index in [9.17, 15) is 34.5 Å². The molecule has 0 saturated carbocycles. The van der Waals surface area contributed by atoms with Crippen molar-refractivity contribution in [1.29, 1.82) is 0 Å². The van der Waals surface area contributed by atoms with Crippen LogP contribution in [0.2, 0.25) is 0 Å². The summed E-state index contributed by atoms with van der Waals surface area (Å²) < 4.78 is 38.8. The third-order valence-corrected chi connectivity index (χ3v) is 7.22. The van der Waals surface area contributed by atoms with Crippen LogP contribution >= 0.6 is 11.8 Å². The summed E-state index contributed by atoms with van der Waals surface area (Å²) in [6, 6.07) is 8.94. The average Bonchev–Trinajstić information content (AvgIpc) is 2.90. The van der Waals surface area contributed by atoms with E-state index in [-0.39, 0.29) is 0 Å². The minimum absolute atomic E-state index is 0.483. The number of carbonyl (C=O) groups excluding carboxylic acids is 4. The molecule has 2 aliphatic rings. The second kappa shape index (κ2) is 14.9. The summed E-state index contributed by atoms with van der Waals surface area (Å²) in [7, 11) is 0. The van der Waals surface area contributed by atoms with E-state index < -0.39 is 97.6 Å². The molecule has 14 nitrogen and oxygen atoms in total. The molecule has 2 fully saturated rings. The molecule has 3 N–H and O–H groups in total. The quantitative estimate of drug-likeness (QED) is 0.233. The molecular weight excluding hydrogens is 568 g/mol. The van der Waals surface area contributed by atoms with E-state index in [1.165, 1.54) is 0 Å². The van der Waals surface area contributed by atoms with Gasteiger partial charge < -0.3 is 48.5 Å². The summed E-state index contributed by atoms with van der Waals surface area (Å²) in [6.07, 6.45) is -13.2. The Hall–Kier alpha value is -2.79. The maximum atomic E-state index is 12.1. The van der Waals surface area contributed by atoms with Crippen LogP contribution in [0.4, 0.5) is 0 Å². The molecule has 0 bridgehead atoms. The largest absolute Gasteiger partial charge is 0.463 e. The Balaban J connectivity index is 1.92. The molecule has 2 aliphatic heterocycles. The first-order valence-electron chi connectivity index (χ1n) is 12.7. The minimum atomic E-state index is -1.64. The van der Waals surface area contributed by atoms with Gasteiger partial charge in [-0.2, -0.15) is 0 Å². The van der Waals surface area contributed by atoms with Crippen molar-refractivity contribution in [1.82, 2.24) is 0 Å². The lowest BCUT2D eigenvalue weighted by Crippen LogP contribution is -2.66. The fourth-order valence-corrected chi connectivity index (χ4v) is 5.49. The van der Waals surface area contributed by atoms with Gasteiger partial charge in [-0.1, -0.05) is 30.0 Å². The van der Waals surface area contributed by atoms with Gasteiger partial charge in [0.1, 0.15) is 42.6 Å². The Kier molecular flexibility index (Phi) is 11.9. The molecule has 2 saturated heterocycles. The average molecular weight is 603 g/mol. The Morgan fingerprint density at radius 2 is 1.34 bits per heavy atom. The van der Waals surface area contributed by atoms with Crippen LogP contribution in [-0.2, 0) is 52.3 Å². The maximum absolute atomic E-state index is 12.1. The first-order chi connectivity index (χ1) is 19.4. The topological polar surface area (TPSA) is 194 Å².